The van der Waals surface area contributed by atoms with Crippen LogP contribution >= 0.6 is 0 Å². The molecule has 2 N–H and O–H groups in total. The Bertz CT molecular complexity index is 781. The molecule has 0 bridgehead atoms. The number of carbonyl (C=O) groups is 2. The summed E-state index contributed by atoms with van der Waals surface area (Å²) in [5, 5.41) is 11.8. The molecule has 0 fully saturated rings. The van der Waals surface area contributed by atoms with Crippen molar-refractivity contribution < 1.29 is 19.4 Å². The zero-order valence-electron chi connectivity index (χ0n) is 14.8. The first kappa shape index (κ1) is 19.1. The van der Waals surface area contributed by atoms with Crippen molar-refractivity contribution in [2.75, 3.05) is 0 Å². The van der Waals surface area contributed by atoms with Gasteiger partial charge in [-0.15, -0.1) is 0 Å². The monoisotopic (exact) mass is 355 g/mol. The summed E-state index contributed by atoms with van der Waals surface area (Å²) in [4.78, 5) is 31.5. The minimum absolute atomic E-state index is 0.184. The van der Waals surface area contributed by atoms with Crippen molar-refractivity contribution in [3.8, 4) is 11.8 Å². The van der Waals surface area contributed by atoms with E-state index >= 15 is 0 Å². The van der Waals surface area contributed by atoms with E-state index in [-0.39, 0.29) is 11.4 Å². The van der Waals surface area contributed by atoms with Crippen LogP contribution in [0.15, 0.2) is 54.9 Å². The standard InChI is InChI=1S/C19H21N3O4/c1-19(2,3)10-9-15(17(24)25)22-16(23)13-5-7-14(8-6-13)26-18-20-11-4-12-21-18/h4-12,15H,1-3H3,(H,22,23)(H,24,25)/b10-9+. The van der Waals surface area contributed by atoms with E-state index in [0.29, 0.717) is 11.3 Å². The fourth-order valence-electron chi connectivity index (χ4n) is 1.92. The van der Waals surface area contributed by atoms with Gasteiger partial charge in [-0.3, -0.25) is 4.79 Å². The van der Waals surface area contributed by atoms with Crippen LogP contribution in [0.2, 0.25) is 0 Å². The number of carboxylic acid groups (broad SMARTS) is 1. The summed E-state index contributed by atoms with van der Waals surface area (Å²) in [6.07, 6.45) is 6.34. The Kier molecular flexibility index (Phi) is 6.06. The van der Waals surface area contributed by atoms with Crippen LogP contribution < -0.4 is 10.1 Å². The molecular weight excluding hydrogens is 334 g/mol. The molecule has 7 nitrogen and oxygen atoms in total. The predicted octanol–water partition coefficient (Wildman–Crippen LogP) is 3.05. The van der Waals surface area contributed by atoms with E-state index in [1.54, 1.807) is 48.8 Å². The highest BCUT2D eigenvalue weighted by atomic mass is 16.5. The summed E-state index contributed by atoms with van der Waals surface area (Å²) in [5.41, 5.74) is 0.137. The average Bonchev–Trinajstić information content (AvgIpc) is 2.59. The summed E-state index contributed by atoms with van der Waals surface area (Å²) in [6, 6.07) is 7.03. The molecule has 2 rings (SSSR count). The molecule has 1 unspecified atom stereocenters. The van der Waals surface area contributed by atoms with Crippen LogP contribution in [0, 0.1) is 5.41 Å². The van der Waals surface area contributed by atoms with Crippen molar-refractivity contribution >= 4 is 11.9 Å². The summed E-state index contributed by atoms with van der Waals surface area (Å²) in [5.74, 6) is -1.14. The normalized spacial score (nSPS) is 12.6. The molecule has 0 radical (unpaired) electrons. The molecule has 0 spiro atoms. The van der Waals surface area contributed by atoms with Gasteiger partial charge in [-0.05, 0) is 35.7 Å². The lowest BCUT2D eigenvalue weighted by Crippen LogP contribution is -2.39. The topological polar surface area (TPSA) is 101 Å². The maximum Gasteiger partial charge on any atom is 0.330 e. The number of carbonyl (C=O) groups excluding carboxylic acids is 1. The van der Waals surface area contributed by atoms with Crippen molar-refractivity contribution in [2.45, 2.75) is 26.8 Å². The quantitative estimate of drug-likeness (QED) is 0.772. The van der Waals surface area contributed by atoms with E-state index in [1.165, 1.54) is 6.08 Å². The van der Waals surface area contributed by atoms with Gasteiger partial charge in [-0.2, -0.15) is 0 Å². The van der Waals surface area contributed by atoms with Gasteiger partial charge in [0.2, 0.25) is 0 Å². The predicted molar refractivity (Wildman–Crippen MR) is 96.0 cm³/mol. The molecule has 0 aliphatic heterocycles. The largest absolute Gasteiger partial charge is 0.479 e. The van der Waals surface area contributed by atoms with Crippen molar-refractivity contribution in [3.05, 3.63) is 60.4 Å². The molecule has 26 heavy (non-hydrogen) atoms. The Balaban J connectivity index is 2.04. The van der Waals surface area contributed by atoms with E-state index in [1.807, 2.05) is 20.8 Å². The molecule has 1 atom stereocenters. The number of carboxylic acids is 1. The van der Waals surface area contributed by atoms with E-state index in [4.69, 9.17) is 4.74 Å². The van der Waals surface area contributed by atoms with Crippen molar-refractivity contribution in [1.29, 1.82) is 0 Å². The van der Waals surface area contributed by atoms with Gasteiger partial charge >= 0.3 is 12.0 Å². The first-order valence-corrected chi connectivity index (χ1v) is 8.02. The third kappa shape index (κ3) is 6.01. The van der Waals surface area contributed by atoms with Gasteiger partial charge in [0, 0.05) is 18.0 Å². The van der Waals surface area contributed by atoms with Gasteiger partial charge in [-0.1, -0.05) is 32.9 Å². The van der Waals surface area contributed by atoms with E-state index in [2.05, 4.69) is 15.3 Å². The van der Waals surface area contributed by atoms with Crippen molar-refractivity contribution in [1.82, 2.24) is 15.3 Å². The van der Waals surface area contributed by atoms with Gasteiger partial charge in [-0.25, -0.2) is 14.8 Å². The second-order valence-corrected chi connectivity index (χ2v) is 6.67. The number of benzene rings is 1. The Morgan fingerprint density at radius 1 is 1.15 bits per heavy atom. The molecule has 0 aliphatic carbocycles. The van der Waals surface area contributed by atoms with Gasteiger partial charge in [0.1, 0.15) is 11.8 Å². The Labute approximate surface area is 151 Å². The number of hydrogen-bond acceptors (Lipinski definition) is 5. The smallest absolute Gasteiger partial charge is 0.330 e. The number of nitrogens with one attached hydrogen (secondary N) is 1. The van der Waals surface area contributed by atoms with Crippen LogP contribution in [0.1, 0.15) is 31.1 Å². The highest BCUT2D eigenvalue weighted by molar-refractivity contribution is 5.97. The maximum atomic E-state index is 12.3. The molecule has 1 aromatic heterocycles. The number of aromatic nitrogens is 2. The maximum absolute atomic E-state index is 12.3. The van der Waals surface area contributed by atoms with Gasteiger partial charge < -0.3 is 15.2 Å². The molecule has 2 aromatic rings. The summed E-state index contributed by atoms with van der Waals surface area (Å²) >= 11 is 0. The second kappa shape index (κ2) is 8.24. The number of aliphatic carboxylic acids is 1. The van der Waals surface area contributed by atoms with Crippen LogP contribution in [0.5, 0.6) is 11.8 Å². The molecule has 1 heterocycles. The first-order chi connectivity index (χ1) is 12.2. The summed E-state index contributed by atoms with van der Waals surface area (Å²) < 4.78 is 5.45. The SMILES string of the molecule is CC(C)(C)/C=C/C(NC(=O)c1ccc(Oc2ncccn2)cc1)C(=O)O. The Hall–Kier alpha value is -3.22. The van der Waals surface area contributed by atoms with E-state index < -0.39 is 17.9 Å². The highest BCUT2D eigenvalue weighted by Gasteiger charge is 2.19. The molecule has 1 amide bonds. The first-order valence-electron chi connectivity index (χ1n) is 8.02. The fourth-order valence-corrected chi connectivity index (χ4v) is 1.92. The molecule has 1 aromatic carbocycles. The van der Waals surface area contributed by atoms with Crippen LogP contribution in [-0.4, -0.2) is 33.0 Å². The van der Waals surface area contributed by atoms with E-state index in [9.17, 15) is 14.7 Å². The molecule has 7 heteroatoms. The number of amides is 1. The summed E-state index contributed by atoms with van der Waals surface area (Å²) in [6.45, 7) is 5.83. The number of rotatable bonds is 6. The zero-order chi connectivity index (χ0) is 19.2. The number of nitrogens with zero attached hydrogens (tertiary/aromatic N) is 2. The van der Waals surface area contributed by atoms with Crippen LogP contribution in [0.4, 0.5) is 0 Å². The van der Waals surface area contributed by atoms with Crippen LogP contribution in [0.25, 0.3) is 0 Å². The Morgan fingerprint density at radius 3 is 2.31 bits per heavy atom. The lowest BCUT2D eigenvalue weighted by molar-refractivity contribution is -0.137. The van der Waals surface area contributed by atoms with E-state index in [0.717, 1.165) is 0 Å². The minimum atomic E-state index is -1.12. The van der Waals surface area contributed by atoms with Crippen LogP contribution in [-0.2, 0) is 4.79 Å². The molecular formula is C19H21N3O4. The minimum Gasteiger partial charge on any atom is -0.479 e. The molecule has 0 saturated carbocycles. The fraction of sp³-hybridized carbons (Fsp3) is 0.263. The third-order valence-corrected chi connectivity index (χ3v) is 3.21. The summed E-state index contributed by atoms with van der Waals surface area (Å²) in [7, 11) is 0. The van der Waals surface area contributed by atoms with Crippen molar-refractivity contribution in [3.63, 3.8) is 0 Å². The third-order valence-electron chi connectivity index (χ3n) is 3.21. The number of hydrogen-bond donors (Lipinski definition) is 2. The molecule has 0 saturated heterocycles. The lowest BCUT2D eigenvalue weighted by Gasteiger charge is -2.15. The van der Waals surface area contributed by atoms with Crippen LogP contribution in [0.3, 0.4) is 0 Å². The Morgan fingerprint density at radius 2 is 1.77 bits per heavy atom. The lowest BCUT2D eigenvalue weighted by atomic mass is 9.95. The van der Waals surface area contributed by atoms with Gasteiger partial charge in [0.25, 0.3) is 5.91 Å². The molecule has 0 aliphatic rings. The average molecular weight is 355 g/mol. The molecule has 136 valence electrons. The second-order valence-electron chi connectivity index (χ2n) is 6.67. The zero-order valence-corrected chi connectivity index (χ0v) is 14.8. The number of ether oxygens (including phenoxy) is 1. The van der Waals surface area contributed by atoms with Crippen molar-refractivity contribution in [2.24, 2.45) is 5.41 Å². The highest BCUT2D eigenvalue weighted by Crippen LogP contribution is 2.18. The van der Waals surface area contributed by atoms with Gasteiger partial charge in [0.05, 0.1) is 0 Å². The van der Waals surface area contributed by atoms with Gasteiger partial charge in [0.15, 0.2) is 0 Å². The number of allylic oxidation sites excluding steroid dienone is 1.